The molecule has 3 aromatic rings. The van der Waals surface area contributed by atoms with E-state index in [0.717, 1.165) is 18.5 Å². The molecule has 2 saturated heterocycles. The zero-order valence-electron chi connectivity index (χ0n) is 16.6. The Morgan fingerprint density at radius 1 is 1.28 bits per heavy atom. The van der Waals surface area contributed by atoms with E-state index >= 15 is 0 Å². The number of fused-ring (bicyclic) bond motifs is 2. The number of carbonyl (C=O) groups is 1. The lowest BCUT2D eigenvalue weighted by molar-refractivity contribution is -0.129. The lowest BCUT2D eigenvalue weighted by Gasteiger charge is -2.38. The Kier molecular flexibility index (Phi) is 6.04. The van der Waals surface area contributed by atoms with Crippen molar-refractivity contribution in [3.63, 3.8) is 0 Å². The molecule has 1 aromatic carbocycles. The first kappa shape index (κ1) is 19.8. The number of nitrogens with zero attached hydrogens (tertiary/aromatic N) is 4. The van der Waals surface area contributed by atoms with Crippen molar-refractivity contribution >= 4 is 33.1 Å². The van der Waals surface area contributed by atoms with Gasteiger partial charge < -0.3 is 9.80 Å². The van der Waals surface area contributed by atoms with E-state index in [1.807, 2.05) is 15.3 Å². The summed E-state index contributed by atoms with van der Waals surface area (Å²) in [5, 5.41) is 0. The van der Waals surface area contributed by atoms with Gasteiger partial charge in [-0.3, -0.25) is 9.78 Å². The summed E-state index contributed by atoms with van der Waals surface area (Å²) in [6.07, 6.45) is 6.74. The predicted octanol–water partition coefficient (Wildman–Crippen LogP) is 4.28. The van der Waals surface area contributed by atoms with Gasteiger partial charge in [0.2, 0.25) is 5.91 Å². The molecule has 0 unspecified atom stereocenters. The maximum absolute atomic E-state index is 13.6. The van der Waals surface area contributed by atoms with E-state index in [-0.39, 0.29) is 17.8 Å². The largest absolute Gasteiger partial charge is 0.365 e. The SMILES string of the molecule is CCCc1cccc2ncsc12.O=C1CC[C@H]2CN(c3ccncc3F)CCN12. The number of hydrogen-bond acceptors (Lipinski definition) is 5. The van der Waals surface area contributed by atoms with Crippen molar-refractivity contribution in [1.29, 1.82) is 0 Å². The van der Waals surface area contributed by atoms with Gasteiger partial charge in [0.05, 0.1) is 27.6 Å². The average Bonchev–Trinajstić information content (AvgIpc) is 3.36. The third-order valence-corrected chi connectivity index (χ3v) is 6.46. The topological polar surface area (TPSA) is 49.3 Å². The predicted molar refractivity (Wildman–Crippen MR) is 115 cm³/mol. The highest BCUT2D eigenvalue weighted by Crippen LogP contribution is 2.27. The number of rotatable bonds is 3. The Balaban J connectivity index is 0.000000150. The summed E-state index contributed by atoms with van der Waals surface area (Å²) in [6.45, 7) is 4.33. The third-order valence-electron chi connectivity index (χ3n) is 5.54. The maximum atomic E-state index is 13.6. The average molecular weight is 413 g/mol. The number of piperazine rings is 1. The van der Waals surface area contributed by atoms with Gasteiger partial charge in [-0.25, -0.2) is 9.37 Å². The van der Waals surface area contributed by atoms with Gasteiger partial charge >= 0.3 is 0 Å². The molecule has 0 N–H and O–H groups in total. The molecule has 0 spiro atoms. The van der Waals surface area contributed by atoms with Crippen LogP contribution in [0.1, 0.15) is 31.7 Å². The first-order valence-corrected chi connectivity index (χ1v) is 11.0. The van der Waals surface area contributed by atoms with Crippen LogP contribution in [0, 0.1) is 5.82 Å². The van der Waals surface area contributed by atoms with Crippen LogP contribution in [0.3, 0.4) is 0 Å². The highest BCUT2D eigenvalue weighted by molar-refractivity contribution is 7.16. The summed E-state index contributed by atoms with van der Waals surface area (Å²) in [5.74, 6) is -0.0462. The quantitative estimate of drug-likeness (QED) is 0.644. The van der Waals surface area contributed by atoms with Crippen molar-refractivity contribution in [2.24, 2.45) is 0 Å². The van der Waals surface area contributed by atoms with E-state index in [2.05, 4.69) is 35.1 Å². The molecule has 5 nitrogen and oxygen atoms in total. The van der Waals surface area contributed by atoms with E-state index < -0.39 is 0 Å². The second kappa shape index (κ2) is 8.86. The smallest absolute Gasteiger partial charge is 0.223 e. The van der Waals surface area contributed by atoms with Gasteiger partial charge in [-0.05, 0) is 30.5 Å². The number of pyridine rings is 1. The molecular weight excluding hydrogens is 387 g/mol. The molecule has 0 radical (unpaired) electrons. The van der Waals surface area contributed by atoms with Crippen molar-refractivity contribution in [3.05, 3.63) is 53.6 Å². The minimum absolute atomic E-state index is 0.241. The normalized spacial score (nSPS) is 18.6. The van der Waals surface area contributed by atoms with Gasteiger partial charge in [0.25, 0.3) is 0 Å². The van der Waals surface area contributed by atoms with E-state index in [1.165, 1.54) is 29.3 Å². The summed E-state index contributed by atoms with van der Waals surface area (Å²) in [7, 11) is 0. The van der Waals surface area contributed by atoms with Gasteiger partial charge in [-0.15, -0.1) is 11.3 Å². The van der Waals surface area contributed by atoms with Crippen molar-refractivity contribution in [2.75, 3.05) is 24.5 Å². The van der Waals surface area contributed by atoms with Crippen molar-refractivity contribution in [3.8, 4) is 0 Å². The number of aryl methyl sites for hydroxylation is 1. The van der Waals surface area contributed by atoms with E-state index in [9.17, 15) is 9.18 Å². The second-order valence-corrected chi connectivity index (χ2v) is 8.28. The van der Waals surface area contributed by atoms with Crippen LogP contribution in [0.25, 0.3) is 10.2 Å². The summed E-state index contributed by atoms with van der Waals surface area (Å²) in [6, 6.07) is 8.31. The summed E-state index contributed by atoms with van der Waals surface area (Å²) in [4.78, 5) is 23.5. The number of halogens is 1. The molecule has 4 heterocycles. The minimum Gasteiger partial charge on any atom is -0.365 e. The number of amides is 1. The zero-order valence-corrected chi connectivity index (χ0v) is 17.4. The Morgan fingerprint density at radius 2 is 2.17 bits per heavy atom. The van der Waals surface area contributed by atoms with Crippen LogP contribution in [0.2, 0.25) is 0 Å². The van der Waals surface area contributed by atoms with Crippen LogP contribution < -0.4 is 4.90 Å². The molecule has 7 heteroatoms. The van der Waals surface area contributed by atoms with Gasteiger partial charge in [0, 0.05) is 38.3 Å². The van der Waals surface area contributed by atoms with E-state index in [1.54, 1.807) is 23.6 Å². The van der Waals surface area contributed by atoms with Crippen LogP contribution >= 0.6 is 11.3 Å². The Hall–Kier alpha value is -2.54. The van der Waals surface area contributed by atoms with Gasteiger partial charge in [0.15, 0.2) is 5.82 Å². The highest BCUT2D eigenvalue weighted by atomic mass is 32.1. The Bertz CT molecular complexity index is 992. The highest BCUT2D eigenvalue weighted by Gasteiger charge is 2.35. The lowest BCUT2D eigenvalue weighted by Crippen LogP contribution is -2.51. The molecule has 1 atom stereocenters. The van der Waals surface area contributed by atoms with Crippen LogP contribution in [-0.4, -0.2) is 46.5 Å². The fraction of sp³-hybridized carbons (Fsp3) is 0.409. The lowest BCUT2D eigenvalue weighted by atomic mass is 10.1. The maximum Gasteiger partial charge on any atom is 0.223 e. The molecule has 0 bridgehead atoms. The molecule has 2 aromatic heterocycles. The van der Waals surface area contributed by atoms with Crippen molar-refractivity contribution in [2.45, 2.75) is 38.6 Å². The third kappa shape index (κ3) is 4.24. The molecule has 2 aliphatic rings. The van der Waals surface area contributed by atoms with Gasteiger partial charge in [-0.2, -0.15) is 0 Å². The first-order chi connectivity index (χ1) is 14.2. The molecule has 29 heavy (non-hydrogen) atoms. The van der Waals surface area contributed by atoms with Crippen LogP contribution in [0.5, 0.6) is 0 Å². The Labute approximate surface area is 174 Å². The molecule has 1 amide bonds. The molecule has 5 rings (SSSR count). The fourth-order valence-corrected chi connectivity index (χ4v) is 4.95. The number of benzene rings is 1. The van der Waals surface area contributed by atoms with Crippen LogP contribution in [0.15, 0.2) is 42.2 Å². The molecule has 152 valence electrons. The molecule has 2 aliphatic heterocycles. The summed E-state index contributed by atoms with van der Waals surface area (Å²) >= 11 is 1.74. The number of hydrogen-bond donors (Lipinski definition) is 0. The number of thiazole rings is 1. The van der Waals surface area contributed by atoms with E-state index in [0.29, 0.717) is 25.2 Å². The molecule has 0 aliphatic carbocycles. The minimum atomic E-state index is -0.287. The zero-order chi connectivity index (χ0) is 20.2. The number of anilines is 1. The summed E-state index contributed by atoms with van der Waals surface area (Å²) in [5.41, 5.74) is 5.10. The number of aromatic nitrogens is 2. The van der Waals surface area contributed by atoms with Gasteiger partial charge in [-0.1, -0.05) is 25.5 Å². The fourth-order valence-electron chi connectivity index (χ4n) is 4.12. The molecular formula is C22H25FN4OS. The summed E-state index contributed by atoms with van der Waals surface area (Å²) < 4.78 is 15.0. The first-order valence-electron chi connectivity index (χ1n) is 10.1. The monoisotopic (exact) mass is 412 g/mol. The standard InChI is InChI=1S/C12H14FN3O.C10H11NS/c13-10-7-14-4-3-11(10)15-5-6-16-9(8-15)1-2-12(16)17;1-2-4-8-5-3-6-9-10(8)12-7-11-9/h3-4,7,9H,1-2,5-6,8H2;3,5-7H,2,4H2,1H3/t9-;/m0./s1. The van der Waals surface area contributed by atoms with Gasteiger partial charge in [0.1, 0.15) is 0 Å². The van der Waals surface area contributed by atoms with Crippen LogP contribution in [0.4, 0.5) is 10.1 Å². The Morgan fingerprint density at radius 3 is 3.00 bits per heavy atom. The number of carbonyl (C=O) groups excluding carboxylic acids is 1. The second-order valence-electron chi connectivity index (χ2n) is 7.42. The van der Waals surface area contributed by atoms with E-state index in [4.69, 9.17) is 0 Å². The van der Waals surface area contributed by atoms with Crippen molar-refractivity contribution in [1.82, 2.24) is 14.9 Å². The molecule has 0 saturated carbocycles. The van der Waals surface area contributed by atoms with Crippen LogP contribution in [-0.2, 0) is 11.2 Å². The van der Waals surface area contributed by atoms with Crippen molar-refractivity contribution < 1.29 is 9.18 Å². The molecule has 2 fully saturated rings.